The van der Waals surface area contributed by atoms with Gasteiger partial charge in [0.1, 0.15) is 17.5 Å². The highest BCUT2D eigenvalue weighted by atomic mass is 16.3. The molecule has 0 saturated heterocycles. The number of rotatable bonds is 6. The standard InChI is InChI=1S/C40H42O7/c1-20(2)24-9-8-10-25(17-24)26-12-11-23(15-26)16-27-13-14-29(42)31-28(27)18-38(6)19-39(7)32(21(3)4)34(43)30(22(5)41)36(45)40(39,47)37(46)33(38)35(31)44/h8-10,12-15,17,21,30,32-33,42,47H,1,11,16,18-19H2,2-7H3/t30?,32?,33?,38-,39-,40+/m1/s1. The predicted octanol–water partition coefficient (Wildman–Crippen LogP) is 6.08. The molecule has 2 N–H and O–H groups in total. The molecule has 6 atom stereocenters. The summed E-state index contributed by atoms with van der Waals surface area (Å²) < 4.78 is 0. The predicted molar refractivity (Wildman–Crippen MR) is 178 cm³/mol. The second-order valence-corrected chi connectivity index (χ2v) is 15.1. The number of hydrogen-bond donors (Lipinski definition) is 2. The van der Waals surface area contributed by atoms with E-state index in [1.54, 1.807) is 20.8 Å². The maximum absolute atomic E-state index is 14.5. The number of allylic oxidation sites excluding steroid dienone is 5. The smallest absolute Gasteiger partial charge is 0.190 e. The van der Waals surface area contributed by atoms with Crippen LogP contribution >= 0.6 is 0 Å². The van der Waals surface area contributed by atoms with Crippen molar-refractivity contribution in [2.75, 3.05) is 0 Å². The Morgan fingerprint density at radius 1 is 1.04 bits per heavy atom. The lowest BCUT2D eigenvalue weighted by atomic mass is 9.40. The second-order valence-electron chi connectivity index (χ2n) is 15.1. The van der Waals surface area contributed by atoms with Crippen molar-refractivity contribution in [1.82, 2.24) is 0 Å². The Balaban J connectivity index is 1.41. The molecule has 4 aliphatic rings. The molecule has 0 heterocycles. The molecule has 7 nitrogen and oxygen atoms in total. The van der Waals surface area contributed by atoms with Crippen LogP contribution in [0.5, 0.6) is 5.75 Å². The van der Waals surface area contributed by atoms with Crippen LogP contribution in [0.2, 0.25) is 0 Å². The third-order valence-corrected chi connectivity index (χ3v) is 11.4. The van der Waals surface area contributed by atoms with E-state index in [0.29, 0.717) is 12.0 Å². The zero-order chi connectivity index (χ0) is 34.4. The van der Waals surface area contributed by atoms with Gasteiger partial charge in [0.2, 0.25) is 0 Å². The Hall–Kier alpha value is -4.23. The molecular weight excluding hydrogens is 592 g/mol. The summed E-state index contributed by atoms with van der Waals surface area (Å²) in [4.78, 5) is 69.0. The number of phenols is 1. The first-order valence-electron chi connectivity index (χ1n) is 16.4. The number of phenolic OH excluding ortho intramolecular Hbond substituents is 1. The van der Waals surface area contributed by atoms with Gasteiger partial charge < -0.3 is 10.2 Å². The van der Waals surface area contributed by atoms with E-state index >= 15 is 0 Å². The Labute approximate surface area is 275 Å². The fraction of sp³-hybridized carbons (Fsp3) is 0.425. The Bertz CT molecular complexity index is 1870. The number of Topliss-reactive ketones (excluding diaryl/α,β-unsaturated/α-hetero) is 5. The number of ketones is 5. The number of fused-ring (bicyclic) bond motifs is 3. The molecular formula is C40H42O7. The van der Waals surface area contributed by atoms with E-state index in [0.717, 1.165) is 46.8 Å². The van der Waals surface area contributed by atoms with E-state index in [-0.39, 0.29) is 30.1 Å². The third kappa shape index (κ3) is 4.61. The second kappa shape index (κ2) is 10.9. The van der Waals surface area contributed by atoms with Gasteiger partial charge in [0.15, 0.2) is 28.7 Å². The van der Waals surface area contributed by atoms with E-state index in [1.165, 1.54) is 6.07 Å². The van der Waals surface area contributed by atoms with Crippen molar-refractivity contribution >= 4 is 40.1 Å². The molecule has 0 bridgehead atoms. The number of benzene rings is 2. The number of carbonyl (C=O) groups excluding carboxylic acids is 5. The number of aromatic hydroxyl groups is 1. The topological polar surface area (TPSA) is 126 Å². The molecule has 2 aromatic carbocycles. The van der Waals surface area contributed by atoms with E-state index in [1.807, 2.05) is 32.0 Å². The van der Waals surface area contributed by atoms with Crippen molar-refractivity contribution in [3.8, 4) is 5.75 Å². The quantitative estimate of drug-likeness (QED) is 0.369. The van der Waals surface area contributed by atoms with Crippen LogP contribution in [0.4, 0.5) is 0 Å². The molecule has 0 aliphatic heterocycles. The normalized spacial score (nSPS) is 31.6. The molecule has 7 heteroatoms. The zero-order valence-corrected chi connectivity index (χ0v) is 27.9. The molecule has 0 amide bonds. The first-order chi connectivity index (χ1) is 22.0. The van der Waals surface area contributed by atoms with Gasteiger partial charge in [0, 0.05) is 11.3 Å². The molecule has 4 aliphatic carbocycles. The molecule has 0 radical (unpaired) electrons. The van der Waals surface area contributed by atoms with Crippen LogP contribution in [0.3, 0.4) is 0 Å². The first kappa shape index (κ1) is 32.7. The molecule has 0 spiro atoms. The third-order valence-electron chi connectivity index (χ3n) is 11.4. The van der Waals surface area contributed by atoms with E-state index < -0.39 is 63.1 Å². The average Bonchev–Trinajstić information content (AvgIpc) is 3.44. The SMILES string of the molecule is C=C(C)c1cccc(C2=CCC(Cc3ccc(O)c4c3C[C@]3(C)C[C@]5(C)C(C(C)C)C(=O)C(C(C)=O)C(=O)[C@]5(O)C(=O)C3C4=O)=C2)c1. The van der Waals surface area contributed by atoms with E-state index in [9.17, 15) is 34.2 Å². The van der Waals surface area contributed by atoms with Gasteiger partial charge in [-0.15, -0.1) is 0 Å². The van der Waals surface area contributed by atoms with Gasteiger partial charge in [-0.3, -0.25) is 24.0 Å². The summed E-state index contributed by atoms with van der Waals surface area (Å²) in [6, 6.07) is 11.5. The average molecular weight is 635 g/mol. The molecule has 2 saturated carbocycles. The molecule has 6 rings (SSSR count). The summed E-state index contributed by atoms with van der Waals surface area (Å²) in [6.45, 7) is 14.1. The van der Waals surface area contributed by atoms with Crippen molar-refractivity contribution in [2.45, 2.75) is 72.8 Å². The van der Waals surface area contributed by atoms with Crippen LogP contribution in [0, 0.1) is 34.5 Å². The highest BCUT2D eigenvalue weighted by Crippen LogP contribution is 2.64. The highest BCUT2D eigenvalue weighted by molar-refractivity contribution is 6.32. The van der Waals surface area contributed by atoms with Crippen molar-refractivity contribution in [1.29, 1.82) is 0 Å². The van der Waals surface area contributed by atoms with Crippen LogP contribution in [-0.2, 0) is 32.0 Å². The van der Waals surface area contributed by atoms with Crippen molar-refractivity contribution in [2.24, 2.45) is 34.5 Å². The Morgan fingerprint density at radius 2 is 1.74 bits per heavy atom. The van der Waals surface area contributed by atoms with Gasteiger partial charge in [0.05, 0.1) is 11.5 Å². The maximum Gasteiger partial charge on any atom is 0.190 e. The Morgan fingerprint density at radius 3 is 2.38 bits per heavy atom. The lowest BCUT2D eigenvalue weighted by Crippen LogP contribution is -2.76. The van der Waals surface area contributed by atoms with Crippen LogP contribution in [0.15, 0.2) is 60.7 Å². The summed E-state index contributed by atoms with van der Waals surface area (Å²) in [5, 5.41) is 23.2. The van der Waals surface area contributed by atoms with Gasteiger partial charge in [0.25, 0.3) is 0 Å². The Kier molecular flexibility index (Phi) is 7.59. The number of carbonyl (C=O) groups is 5. The van der Waals surface area contributed by atoms with Crippen LogP contribution in [0.25, 0.3) is 11.1 Å². The van der Waals surface area contributed by atoms with Crippen LogP contribution in [0.1, 0.15) is 87.0 Å². The van der Waals surface area contributed by atoms with E-state index in [4.69, 9.17) is 0 Å². The summed E-state index contributed by atoms with van der Waals surface area (Å²) in [6.07, 6.45) is 5.83. The minimum Gasteiger partial charge on any atom is -0.507 e. The first-order valence-corrected chi connectivity index (χ1v) is 16.4. The number of hydrogen-bond acceptors (Lipinski definition) is 7. The zero-order valence-electron chi connectivity index (χ0n) is 27.9. The molecule has 2 fully saturated rings. The molecule has 2 aromatic rings. The largest absolute Gasteiger partial charge is 0.507 e. The van der Waals surface area contributed by atoms with Gasteiger partial charge >= 0.3 is 0 Å². The maximum atomic E-state index is 14.5. The monoisotopic (exact) mass is 634 g/mol. The lowest BCUT2D eigenvalue weighted by Gasteiger charge is -2.61. The molecule has 3 unspecified atom stereocenters. The van der Waals surface area contributed by atoms with Crippen LogP contribution < -0.4 is 0 Å². The molecule has 0 aromatic heterocycles. The van der Waals surface area contributed by atoms with Crippen molar-refractivity contribution in [3.05, 3.63) is 88.5 Å². The van der Waals surface area contributed by atoms with Crippen molar-refractivity contribution in [3.63, 3.8) is 0 Å². The fourth-order valence-electron chi connectivity index (χ4n) is 9.48. The fourth-order valence-corrected chi connectivity index (χ4v) is 9.48. The van der Waals surface area contributed by atoms with E-state index in [2.05, 4.69) is 30.9 Å². The lowest BCUT2D eigenvalue weighted by molar-refractivity contribution is -0.205. The van der Waals surface area contributed by atoms with Gasteiger partial charge in [-0.2, -0.15) is 0 Å². The minimum absolute atomic E-state index is 0.0333. The van der Waals surface area contributed by atoms with Gasteiger partial charge in [-0.1, -0.05) is 81.8 Å². The molecule has 244 valence electrons. The van der Waals surface area contributed by atoms with Gasteiger partial charge in [-0.25, -0.2) is 0 Å². The molecule has 47 heavy (non-hydrogen) atoms. The van der Waals surface area contributed by atoms with Crippen LogP contribution in [-0.4, -0.2) is 44.7 Å². The summed E-state index contributed by atoms with van der Waals surface area (Å²) in [7, 11) is 0. The summed E-state index contributed by atoms with van der Waals surface area (Å²) in [5.41, 5.74) is 1.61. The number of aliphatic hydroxyl groups is 1. The highest BCUT2D eigenvalue weighted by Gasteiger charge is 2.76. The van der Waals surface area contributed by atoms with Crippen molar-refractivity contribution < 1.29 is 34.2 Å². The van der Waals surface area contributed by atoms with Gasteiger partial charge in [-0.05, 0) is 90.8 Å². The minimum atomic E-state index is -2.70. The summed E-state index contributed by atoms with van der Waals surface area (Å²) in [5.74, 6) is -8.86. The summed E-state index contributed by atoms with van der Waals surface area (Å²) >= 11 is 0.